The molecule has 2 aromatic rings. The Morgan fingerprint density at radius 1 is 1.27 bits per heavy atom. The zero-order chi connectivity index (χ0) is 22.5. The van der Waals surface area contributed by atoms with Crippen LogP contribution in [0.4, 0.5) is 0 Å². The summed E-state index contributed by atoms with van der Waals surface area (Å²) in [6, 6.07) is 8.44. The highest BCUT2D eigenvalue weighted by Crippen LogP contribution is 2.39. The third-order valence-corrected chi connectivity index (χ3v) is 10.6. The van der Waals surface area contributed by atoms with Gasteiger partial charge in [-0.15, -0.1) is 0 Å². The van der Waals surface area contributed by atoms with Gasteiger partial charge in [-0.3, -0.25) is 5.41 Å². The molecule has 0 saturated carbocycles. The lowest BCUT2D eigenvalue weighted by Gasteiger charge is -2.38. The highest BCUT2D eigenvalue weighted by atomic mass is 28.4. The monoisotopic (exact) mass is 428 g/mol. The molecule has 0 aliphatic heterocycles. The van der Waals surface area contributed by atoms with Crippen molar-refractivity contribution in [3.8, 4) is 11.3 Å². The Hall–Kier alpha value is -1.90. The maximum Gasteiger partial charge on any atom is 0.346 e. The molecule has 6 nitrogen and oxygen atoms in total. The number of hydrogen-bond acceptors (Lipinski definition) is 5. The molecule has 1 aromatic heterocycles. The second-order valence-electron chi connectivity index (χ2n) is 9.57. The molecule has 2 rings (SSSR count). The van der Waals surface area contributed by atoms with E-state index in [1.165, 1.54) is 5.56 Å². The molecule has 164 valence electrons. The first kappa shape index (κ1) is 24.4. The summed E-state index contributed by atoms with van der Waals surface area (Å²) in [5.74, 6) is 1.15. The first-order valence-electron chi connectivity index (χ1n) is 10.6. The molecule has 2 unspecified atom stereocenters. The van der Waals surface area contributed by atoms with Gasteiger partial charge >= 0.3 is 7.48 Å². The number of nitrogens with two attached hydrogens (primary N) is 1. The summed E-state index contributed by atoms with van der Waals surface area (Å²) < 4.78 is 13.7. The summed E-state index contributed by atoms with van der Waals surface area (Å²) in [7, 11) is 0.630. The van der Waals surface area contributed by atoms with E-state index in [0.29, 0.717) is 14.0 Å². The fraction of sp³-hybridized carbons (Fsp3) is 0.545. The van der Waals surface area contributed by atoms with Crippen molar-refractivity contribution in [3.05, 3.63) is 41.9 Å². The summed E-state index contributed by atoms with van der Waals surface area (Å²) in [6.07, 6.45) is 3.81. The van der Waals surface area contributed by atoms with E-state index in [0.717, 1.165) is 29.9 Å². The number of aromatic nitrogens is 2. The Bertz CT molecular complexity index is 831. The van der Waals surface area contributed by atoms with Gasteiger partial charge in [0.25, 0.3) is 0 Å². The summed E-state index contributed by atoms with van der Waals surface area (Å²) in [6.45, 7) is 13.9. The quantitative estimate of drug-likeness (QED) is 0.333. The molecule has 0 aliphatic carbocycles. The Labute approximate surface area is 183 Å². The standard InChI is InChI=1S/C22H37BN4O2Si/c1-16(29-30(6,7)22(2,3)4)21-26-20(14-27(21)5)18-10-8-17(9-11-18)12-19(13-24)23-28-15-25/h8-11,14-16,19,23,25H,12-13,24H2,1-7H3. The highest BCUT2D eigenvalue weighted by Gasteiger charge is 2.39. The number of hydrogen-bond donors (Lipinski definition) is 2. The Morgan fingerprint density at radius 2 is 1.90 bits per heavy atom. The Balaban J connectivity index is 2.13. The molecule has 0 spiro atoms. The van der Waals surface area contributed by atoms with E-state index >= 15 is 0 Å². The van der Waals surface area contributed by atoms with Gasteiger partial charge in [0.15, 0.2) is 8.32 Å². The molecule has 0 aliphatic rings. The van der Waals surface area contributed by atoms with Crippen LogP contribution in [-0.2, 0) is 22.5 Å². The summed E-state index contributed by atoms with van der Waals surface area (Å²) in [4.78, 5) is 4.89. The molecule has 0 radical (unpaired) electrons. The SMILES string of the molecule is CC(O[Si](C)(C)C(C)(C)C)c1nc(-c2ccc(CC(BOC=N)CN)cc2)cn1C. The minimum absolute atomic E-state index is 0.0527. The van der Waals surface area contributed by atoms with Crippen molar-refractivity contribution in [2.24, 2.45) is 12.8 Å². The lowest BCUT2D eigenvalue weighted by atomic mass is 9.76. The fourth-order valence-electron chi connectivity index (χ4n) is 3.21. The maximum atomic E-state index is 7.00. The van der Waals surface area contributed by atoms with Gasteiger partial charge in [-0.2, -0.15) is 0 Å². The zero-order valence-electron chi connectivity index (χ0n) is 19.5. The Morgan fingerprint density at radius 3 is 2.43 bits per heavy atom. The van der Waals surface area contributed by atoms with Crippen LogP contribution >= 0.6 is 0 Å². The van der Waals surface area contributed by atoms with E-state index in [4.69, 9.17) is 25.2 Å². The third kappa shape index (κ3) is 6.06. The molecule has 2 atom stereocenters. The van der Waals surface area contributed by atoms with Crippen LogP contribution in [0.3, 0.4) is 0 Å². The second kappa shape index (κ2) is 9.94. The average molecular weight is 428 g/mol. The van der Waals surface area contributed by atoms with Crippen molar-refractivity contribution < 1.29 is 9.08 Å². The van der Waals surface area contributed by atoms with Gasteiger partial charge in [0.1, 0.15) is 18.3 Å². The number of aryl methyl sites for hydroxylation is 1. The van der Waals surface area contributed by atoms with E-state index in [2.05, 4.69) is 75.8 Å². The van der Waals surface area contributed by atoms with Gasteiger partial charge in [0.05, 0.1) is 5.69 Å². The van der Waals surface area contributed by atoms with Crippen LogP contribution in [0.25, 0.3) is 11.3 Å². The van der Waals surface area contributed by atoms with Crippen molar-refractivity contribution in [3.63, 3.8) is 0 Å². The van der Waals surface area contributed by atoms with Gasteiger partial charge in [-0.1, -0.05) is 45.0 Å². The molecular weight excluding hydrogens is 391 g/mol. The van der Waals surface area contributed by atoms with Crippen LogP contribution < -0.4 is 5.73 Å². The number of rotatable bonds is 10. The van der Waals surface area contributed by atoms with E-state index in [1.54, 1.807) is 0 Å². The largest absolute Gasteiger partial charge is 0.557 e. The van der Waals surface area contributed by atoms with E-state index in [1.807, 2.05) is 7.05 Å². The van der Waals surface area contributed by atoms with E-state index in [-0.39, 0.29) is 17.0 Å². The van der Waals surface area contributed by atoms with Gasteiger partial charge < -0.3 is 19.4 Å². The zero-order valence-corrected chi connectivity index (χ0v) is 20.5. The van der Waals surface area contributed by atoms with E-state index in [9.17, 15) is 0 Å². The minimum atomic E-state index is -1.87. The summed E-state index contributed by atoms with van der Waals surface area (Å²) >= 11 is 0. The summed E-state index contributed by atoms with van der Waals surface area (Å²) in [5, 5.41) is 7.16. The highest BCUT2D eigenvalue weighted by molar-refractivity contribution is 6.74. The Kier molecular flexibility index (Phi) is 8.07. The van der Waals surface area contributed by atoms with Crippen molar-refractivity contribution >= 4 is 22.2 Å². The molecule has 3 N–H and O–H groups in total. The van der Waals surface area contributed by atoms with Gasteiger partial charge in [-0.05, 0) is 49.4 Å². The predicted molar refractivity (Wildman–Crippen MR) is 129 cm³/mol. The molecule has 0 saturated heterocycles. The molecule has 1 heterocycles. The summed E-state index contributed by atoms with van der Waals surface area (Å²) in [5.41, 5.74) is 9.06. The van der Waals surface area contributed by atoms with Crippen molar-refractivity contribution in [2.45, 2.75) is 64.2 Å². The second-order valence-corrected chi connectivity index (χ2v) is 14.3. The molecule has 8 heteroatoms. The minimum Gasteiger partial charge on any atom is -0.557 e. The molecule has 1 aromatic carbocycles. The van der Waals surface area contributed by atoms with Crippen molar-refractivity contribution in [1.82, 2.24) is 9.55 Å². The molecular formula is C22H37BN4O2Si. The fourth-order valence-corrected chi connectivity index (χ4v) is 4.55. The van der Waals surface area contributed by atoms with Crippen LogP contribution in [0.15, 0.2) is 30.5 Å². The van der Waals surface area contributed by atoms with Gasteiger partial charge in [-0.25, -0.2) is 4.98 Å². The average Bonchev–Trinajstić information content (AvgIpc) is 3.06. The molecule has 0 fully saturated rings. The van der Waals surface area contributed by atoms with Crippen LogP contribution in [0.5, 0.6) is 0 Å². The number of nitrogens with one attached hydrogen (secondary N) is 1. The molecule has 30 heavy (non-hydrogen) atoms. The number of nitrogens with zero attached hydrogens (tertiary/aromatic N) is 2. The third-order valence-electron chi connectivity index (χ3n) is 6.08. The maximum absolute atomic E-state index is 7.00. The molecule has 0 bridgehead atoms. The number of imidazole rings is 1. The molecule has 0 amide bonds. The lowest BCUT2D eigenvalue weighted by molar-refractivity contribution is 0.190. The van der Waals surface area contributed by atoms with Crippen LogP contribution in [0.1, 0.15) is 45.2 Å². The van der Waals surface area contributed by atoms with Crippen molar-refractivity contribution in [1.29, 1.82) is 5.41 Å². The van der Waals surface area contributed by atoms with Crippen LogP contribution in [0.2, 0.25) is 23.9 Å². The van der Waals surface area contributed by atoms with E-state index < -0.39 is 8.32 Å². The van der Waals surface area contributed by atoms with Crippen LogP contribution in [0, 0.1) is 5.41 Å². The van der Waals surface area contributed by atoms with Gasteiger partial charge in [0.2, 0.25) is 0 Å². The topological polar surface area (TPSA) is 86.2 Å². The lowest BCUT2D eigenvalue weighted by Crippen LogP contribution is -2.41. The first-order chi connectivity index (χ1) is 14.0. The first-order valence-corrected chi connectivity index (χ1v) is 13.5. The predicted octanol–water partition coefficient (Wildman–Crippen LogP) is 4.43. The van der Waals surface area contributed by atoms with Crippen molar-refractivity contribution in [2.75, 3.05) is 6.54 Å². The van der Waals surface area contributed by atoms with Gasteiger partial charge in [0, 0.05) is 18.8 Å². The normalized spacial score (nSPS) is 14.3. The number of benzene rings is 1. The smallest absolute Gasteiger partial charge is 0.346 e. The van der Waals surface area contributed by atoms with Crippen LogP contribution in [-0.4, -0.2) is 38.3 Å².